The quantitative estimate of drug-likeness (QED) is 0.719. The maximum atomic E-state index is 13.1. The molecule has 0 saturated carbocycles. The van der Waals surface area contributed by atoms with Crippen molar-refractivity contribution in [2.45, 2.75) is 45.2 Å². The Morgan fingerprint density at radius 2 is 1.96 bits per heavy atom. The van der Waals surface area contributed by atoms with Crippen molar-refractivity contribution < 1.29 is 14.3 Å². The van der Waals surface area contributed by atoms with E-state index >= 15 is 0 Å². The van der Waals surface area contributed by atoms with E-state index in [0.717, 1.165) is 51.3 Å². The molecule has 1 aromatic rings. The summed E-state index contributed by atoms with van der Waals surface area (Å²) in [5.74, 6) is 0.199. The van der Waals surface area contributed by atoms with Crippen LogP contribution in [-0.2, 0) is 9.53 Å². The number of rotatable bonds is 6. The second-order valence-electron chi connectivity index (χ2n) is 7.69. The highest BCUT2D eigenvalue weighted by Crippen LogP contribution is 2.24. The standard InChI is InChI=1S/C21H31N3O3/c1-16-14-22(15-17(2)23(16)11-6-12-27-3)21(26)18-7-4-8-19(13-18)24-10-5-9-20(24)25/h4,7-8,13,16-17H,5-6,9-12,14-15H2,1-3H3. The number of hydrogen-bond acceptors (Lipinski definition) is 4. The molecule has 148 valence electrons. The Morgan fingerprint density at radius 1 is 1.22 bits per heavy atom. The van der Waals surface area contributed by atoms with Gasteiger partial charge in [0.25, 0.3) is 5.91 Å². The van der Waals surface area contributed by atoms with Gasteiger partial charge < -0.3 is 14.5 Å². The van der Waals surface area contributed by atoms with Crippen molar-refractivity contribution in [2.24, 2.45) is 0 Å². The molecule has 0 N–H and O–H groups in total. The molecule has 2 heterocycles. The lowest BCUT2D eigenvalue weighted by Crippen LogP contribution is -2.58. The molecule has 2 atom stereocenters. The van der Waals surface area contributed by atoms with Crippen LogP contribution in [0.15, 0.2) is 24.3 Å². The van der Waals surface area contributed by atoms with Crippen molar-refractivity contribution in [3.63, 3.8) is 0 Å². The highest BCUT2D eigenvalue weighted by Gasteiger charge is 2.32. The van der Waals surface area contributed by atoms with Crippen LogP contribution < -0.4 is 4.90 Å². The fraction of sp³-hybridized carbons (Fsp3) is 0.619. The fourth-order valence-corrected chi connectivity index (χ4v) is 4.27. The zero-order valence-corrected chi connectivity index (χ0v) is 16.7. The molecule has 3 rings (SSSR count). The lowest BCUT2D eigenvalue weighted by atomic mass is 10.1. The fourth-order valence-electron chi connectivity index (χ4n) is 4.27. The van der Waals surface area contributed by atoms with Gasteiger partial charge in [-0.25, -0.2) is 0 Å². The number of carbonyl (C=O) groups excluding carboxylic acids is 2. The predicted molar refractivity (Wildman–Crippen MR) is 106 cm³/mol. The number of nitrogens with zero attached hydrogens (tertiary/aromatic N) is 3. The van der Waals surface area contributed by atoms with E-state index in [1.165, 1.54) is 0 Å². The van der Waals surface area contributed by atoms with Gasteiger partial charge in [-0.05, 0) is 44.9 Å². The summed E-state index contributed by atoms with van der Waals surface area (Å²) in [6, 6.07) is 8.15. The van der Waals surface area contributed by atoms with Crippen molar-refractivity contribution in [3.05, 3.63) is 29.8 Å². The molecule has 0 aromatic heterocycles. The van der Waals surface area contributed by atoms with Crippen molar-refractivity contribution in [1.29, 1.82) is 0 Å². The first kappa shape index (κ1) is 19.8. The summed E-state index contributed by atoms with van der Waals surface area (Å²) < 4.78 is 5.16. The highest BCUT2D eigenvalue weighted by molar-refractivity contribution is 5.99. The minimum absolute atomic E-state index is 0.0544. The average Bonchev–Trinajstić information content (AvgIpc) is 3.09. The summed E-state index contributed by atoms with van der Waals surface area (Å²) in [7, 11) is 1.73. The Bertz CT molecular complexity index is 666. The minimum atomic E-state index is 0.0544. The Hall–Kier alpha value is -1.92. The second-order valence-corrected chi connectivity index (χ2v) is 7.69. The highest BCUT2D eigenvalue weighted by atomic mass is 16.5. The number of anilines is 1. The molecule has 2 saturated heterocycles. The minimum Gasteiger partial charge on any atom is -0.385 e. The van der Waals surface area contributed by atoms with Crippen molar-refractivity contribution in [2.75, 3.05) is 44.8 Å². The van der Waals surface area contributed by atoms with Gasteiger partial charge in [-0.2, -0.15) is 0 Å². The molecular formula is C21H31N3O3. The third-order valence-corrected chi connectivity index (χ3v) is 5.63. The van der Waals surface area contributed by atoms with Crippen molar-refractivity contribution in [3.8, 4) is 0 Å². The number of hydrogen-bond donors (Lipinski definition) is 0. The Labute approximate surface area is 162 Å². The van der Waals surface area contributed by atoms with E-state index in [0.29, 0.717) is 24.1 Å². The van der Waals surface area contributed by atoms with Gasteiger partial charge in [0.2, 0.25) is 5.91 Å². The molecule has 6 nitrogen and oxygen atoms in total. The van der Waals surface area contributed by atoms with E-state index in [1.54, 1.807) is 12.0 Å². The summed E-state index contributed by atoms with van der Waals surface area (Å²) in [5.41, 5.74) is 1.50. The third kappa shape index (κ3) is 4.50. The molecule has 6 heteroatoms. The summed E-state index contributed by atoms with van der Waals surface area (Å²) in [6.45, 7) is 8.31. The third-order valence-electron chi connectivity index (χ3n) is 5.63. The van der Waals surface area contributed by atoms with Crippen LogP contribution in [0.5, 0.6) is 0 Å². The van der Waals surface area contributed by atoms with E-state index in [9.17, 15) is 9.59 Å². The van der Waals surface area contributed by atoms with Gasteiger partial charge in [0, 0.05) is 69.7 Å². The van der Waals surface area contributed by atoms with Gasteiger partial charge in [-0.15, -0.1) is 0 Å². The molecule has 27 heavy (non-hydrogen) atoms. The normalized spacial score (nSPS) is 23.9. The van der Waals surface area contributed by atoms with Gasteiger partial charge in [0.15, 0.2) is 0 Å². The topological polar surface area (TPSA) is 53.1 Å². The number of benzene rings is 1. The molecule has 2 aliphatic rings. The Morgan fingerprint density at radius 3 is 2.59 bits per heavy atom. The van der Waals surface area contributed by atoms with Gasteiger partial charge in [0.05, 0.1) is 0 Å². The zero-order valence-electron chi connectivity index (χ0n) is 16.7. The lowest BCUT2D eigenvalue weighted by Gasteiger charge is -2.44. The number of piperazine rings is 1. The first-order valence-corrected chi connectivity index (χ1v) is 9.95. The smallest absolute Gasteiger partial charge is 0.254 e. The van der Waals surface area contributed by atoms with Crippen molar-refractivity contribution in [1.82, 2.24) is 9.80 Å². The van der Waals surface area contributed by atoms with Gasteiger partial charge >= 0.3 is 0 Å². The largest absolute Gasteiger partial charge is 0.385 e. The number of methoxy groups -OCH3 is 1. The van der Waals surface area contributed by atoms with E-state index in [-0.39, 0.29) is 11.8 Å². The molecule has 0 aliphatic carbocycles. The predicted octanol–water partition coefficient (Wildman–Crippen LogP) is 2.38. The van der Waals surface area contributed by atoms with E-state index in [2.05, 4.69) is 18.7 Å². The van der Waals surface area contributed by atoms with Crippen LogP contribution in [0.25, 0.3) is 0 Å². The molecule has 0 radical (unpaired) electrons. The van der Waals surface area contributed by atoms with Crippen LogP contribution in [0.1, 0.15) is 43.5 Å². The molecule has 2 aliphatic heterocycles. The van der Waals surface area contributed by atoms with E-state index < -0.39 is 0 Å². The second kappa shape index (κ2) is 8.85. The molecule has 0 spiro atoms. The van der Waals surface area contributed by atoms with Crippen LogP contribution >= 0.6 is 0 Å². The number of carbonyl (C=O) groups is 2. The summed E-state index contributed by atoms with van der Waals surface area (Å²) >= 11 is 0. The lowest BCUT2D eigenvalue weighted by molar-refractivity contribution is -0.117. The van der Waals surface area contributed by atoms with Crippen LogP contribution in [0.4, 0.5) is 5.69 Å². The zero-order chi connectivity index (χ0) is 19.4. The summed E-state index contributed by atoms with van der Waals surface area (Å²) in [6.07, 6.45) is 2.49. The Balaban J connectivity index is 1.67. The molecule has 1 aromatic carbocycles. The SMILES string of the molecule is COCCCN1C(C)CN(C(=O)c2cccc(N3CCCC3=O)c2)CC1C. The molecule has 0 bridgehead atoms. The van der Waals surface area contributed by atoms with Crippen molar-refractivity contribution >= 4 is 17.5 Å². The maximum Gasteiger partial charge on any atom is 0.254 e. The Kier molecular flexibility index (Phi) is 6.50. The van der Waals surface area contributed by atoms with Crippen LogP contribution in [-0.4, -0.2) is 73.6 Å². The van der Waals surface area contributed by atoms with E-state index in [1.807, 2.05) is 29.2 Å². The average molecular weight is 373 g/mol. The first-order chi connectivity index (χ1) is 13.0. The monoisotopic (exact) mass is 373 g/mol. The summed E-state index contributed by atoms with van der Waals surface area (Å²) in [4.78, 5) is 31.3. The number of ether oxygens (including phenoxy) is 1. The van der Waals surface area contributed by atoms with Gasteiger partial charge in [-0.3, -0.25) is 14.5 Å². The van der Waals surface area contributed by atoms with Gasteiger partial charge in [-0.1, -0.05) is 6.07 Å². The van der Waals surface area contributed by atoms with Crippen LogP contribution in [0.2, 0.25) is 0 Å². The van der Waals surface area contributed by atoms with Crippen LogP contribution in [0, 0.1) is 0 Å². The van der Waals surface area contributed by atoms with Crippen LogP contribution in [0.3, 0.4) is 0 Å². The van der Waals surface area contributed by atoms with E-state index in [4.69, 9.17) is 4.74 Å². The molecule has 2 unspecified atom stereocenters. The molecule has 2 fully saturated rings. The molecular weight excluding hydrogens is 342 g/mol. The maximum absolute atomic E-state index is 13.1. The summed E-state index contributed by atoms with van der Waals surface area (Å²) in [5, 5.41) is 0. The van der Waals surface area contributed by atoms with Gasteiger partial charge in [0.1, 0.15) is 0 Å². The number of amides is 2. The molecule has 2 amide bonds. The first-order valence-electron chi connectivity index (χ1n) is 9.95.